The summed E-state index contributed by atoms with van der Waals surface area (Å²) in [6, 6.07) is 9.08. The van der Waals surface area contributed by atoms with Crippen molar-refractivity contribution in [3.8, 4) is 17.0 Å². The molecule has 0 saturated heterocycles. The molecular formula is C13H12N2O. The highest BCUT2D eigenvalue weighted by atomic mass is 16.3. The van der Waals surface area contributed by atoms with Gasteiger partial charge in [-0.25, -0.2) is 9.97 Å². The van der Waals surface area contributed by atoms with Crippen LogP contribution in [-0.2, 0) is 0 Å². The Hall–Kier alpha value is -1.90. The van der Waals surface area contributed by atoms with E-state index in [4.69, 9.17) is 0 Å². The van der Waals surface area contributed by atoms with Gasteiger partial charge in [0.25, 0.3) is 0 Å². The molecule has 0 bridgehead atoms. The highest BCUT2D eigenvalue weighted by Crippen LogP contribution is 2.38. The van der Waals surface area contributed by atoms with E-state index >= 15 is 0 Å². The molecule has 0 unspecified atom stereocenters. The van der Waals surface area contributed by atoms with Gasteiger partial charge in [0.05, 0.1) is 5.69 Å². The third-order valence-electron chi connectivity index (χ3n) is 2.80. The van der Waals surface area contributed by atoms with Crippen LogP contribution in [0.5, 0.6) is 5.75 Å². The van der Waals surface area contributed by atoms with Crippen LogP contribution in [0.3, 0.4) is 0 Å². The lowest BCUT2D eigenvalue weighted by Crippen LogP contribution is -1.93. The smallest absolute Gasteiger partial charge is 0.132 e. The zero-order valence-corrected chi connectivity index (χ0v) is 8.80. The molecule has 0 aliphatic heterocycles. The van der Waals surface area contributed by atoms with Gasteiger partial charge in [0.2, 0.25) is 0 Å². The summed E-state index contributed by atoms with van der Waals surface area (Å²) in [6.45, 7) is 0. The van der Waals surface area contributed by atoms with E-state index < -0.39 is 0 Å². The topological polar surface area (TPSA) is 46.0 Å². The largest absolute Gasteiger partial charge is 0.507 e. The second-order valence-electron chi connectivity index (χ2n) is 4.09. The molecule has 1 N–H and O–H groups in total. The second kappa shape index (κ2) is 3.59. The summed E-state index contributed by atoms with van der Waals surface area (Å²) >= 11 is 0. The van der Waals surface area contributed by atoms with E-state index in [2.05, 4.69) is 9.97 Å². The van der Waals surface area contributed by atoms with Gasteiger partial charge in [0.1, 0.15) is 11.6 Å². The molecule has 1 aliphatic rings. The predicted molar refractivity (Wildman–Crippen MR) is 61.1 cm³/mol. The lowest BCUT2D eigenvalue weighted by Gasteiger charge is -2.04. The molecule has 1 heterocycles. The SMILES string of the molecule is Oc1ccccc1-c1ccnc(C2CC2)n1. The van der Waals surface area contributed by atoms with Gasteiger partial charge in [-0.05, 0) is 31.0 Å². The quantitative estimate of drug-likeness (QED) is 0.832. The summed E-state index contributed by atoms with van der Waals surface area (Å²) in [6.07, 6.45) is 4.14. The Morgan fingerprint density at radius 3 is 2.69 bits per heavy atom. The molecule has 16 heavy (non-hydrogen) atoms. The average Bonchev–Trinajstić information content (AvgIpc) is 3.14. The first-order valence-corrected chi connectivity index (χ1v) is 5.46. The van der Waals surface area contributed by atoms with Gasteiger partial charge in [-0.2, -0.15) is 0 Å². The molecule has 0 amide bonds. The van der Waals surface area contributed by atoms with Crippen molar-refractivity contribution >= 4 is 0 Å². The lowest BCUT2D eigenvalue weighted by atomic mass is 10.1. The zero-order chi connectivity index (χ0) is 11.0. The number of benzene rings is 1. The number of rotatable bonds is 2. The summed E-state index contributed by atoms with van der Waals surface area (Å²) in [5, 5.41) is 9.75. The summed E-state index contributed by atoms with van der Waals surface area (Å²) < 4.78 is 0. The number of aromatic nitrogens is 2. The molecule has 2 aromatic rings. The van der Waals surface area contributed by atoms with Crippen molar-refractivity contribution in [2.24, 2.45) is 0 Å². The maximum atomic E-state index is 9.75. The number of hydrogen-bond acceptors (Lipinski definition) is 3. The molecule has 1 saturated carbocycles. The Morgan fingerprint density at radius 2 is 1.94 bits per heavy atom. The van der Waals surface area contributed by atoms with E-state index in [-0.39, 0.29) is 5.75 Å². The van der Waals surface area contributed by atoms with Crippen LogP contribution in [0, 0.1) is 0 Å². The summed E-state index contributed by atoms with van der Waals surface area (Å²) in [7, 11) is 0. The van der Waals surface area contributed by atoms with Crippen molar-refractivity contribution in [1.82, 2.24) is 9.97 Å². The molecule has 1 aliphatic carbocycles. The number of hydrogen-bond donors (Lipinski definition) is 1. The van der Waals surface area contributed by atoms with E-state index in [1.54, 1.807) is 12.3 Å². The molecule has 3 rings (SSSR count). The minimum Gasteiger partial charge on any atom is -0.507 e. The molecule has 1 fully saturated rings. The van der Waals surface area contributed by atoms with Gasteiger partial charge in [-0.1, -0.05) is 12.1 Å². The maximum Gasteiger partial charge on any atom is 0.132 e. The molecule has 0 atom stereocenters. The fourth-order valence-corrected chi connectivity index (χ4v) is 1.75. The monoisotopic (exact) mass is 212 g/mol. The van der Waals surface area contributed by atoms with Crippen molar-refractivity contribution < 1.29 is 5.11 Å². The molecule has 0 spiro atoms. The molecule has 0 radical (unpaired) electrons. The average molecular weight is 212 g/mol. The Labute approximate surface area is 93.8 Å². The highest BCUT2D eigenvalue weighted by Gasteiger charge is 2.26. The minimum atomic E-state index is 0.267. The fourth-order valence-electron chi connectivity index (χ4n) is 1.75. The summed E-state index contributed by atoms with van der Waals surface area (Å²) in [4.78, 5) is 8.76. The Kier molecular flexibility index (Phi) is 2.10. The Balaban J connectivity index is 2.05. The molecule has 1 aromatic heterocycles. The zero-order valence-electron chi connectivity index (χ0n) is 8.80. The van der Waals surface area contributed by atoms with E-state index in [0.717, 1.165) is 17.1 Å². The summed E-state index contributed by atoms with van der Waals surface area (Å²) in [5.74, 6) is 1.70. The van der Waals surface area contributed by atoms with Crippen LogP contribution in [0.2, 0.25) is 0 Å². The highest BCUT2D eigenvalue weighted by molar-refractivity contribution is 5.66. The van der Waals surface area contributed by atoms with Gasteiger partial charge < -0.3 is 5.11 Å². The van der Waals surface area contributed by atoms with Crippen molar-refractivity contribution in [3.63, 3.8) is 0 Å². The number of phenolic OH excluding ortho intramolecular Hbond substituents is 1. The number of para-hydroxylation sites is 1. The van der Waals surface area contributed by atoms with Crippen LogP contribution in [-0.4, -0.2) is 15.1 Å². The van der Waals surface area contributed by atoms with E-state index in [9.17, 15) is 5.11 Å². The van der Waals surface area contributed by atoms with Gasteiger partial charge in [0.15, 0.2) is 0 Å². The second-order valence-corrected chi connectivity index (χ2v) is 4.09. The molecule has 3 heteroatoms. The van der Waals surface area contributed by atoms with Gasteiger partial charge in [-0.3, -0.25) is 0 Å². The van der Waals surface area contributed by atoms with Crippen molar-refractivity contribution in [2.75, 3.05) is 0 Å². The van der Waals surface area contributed by atoms with Crippen molar-refractivity contribution in [3.05, 3.63) is 42.4 Å². The normalized spacial score (nSPS) is 15.0. The first-order chi connectivity index (χ1) is 7.84. The molecule has 80 valence electrons. The minimum absolute atomic E-state index is 0.267. The van der Waals surface area contributed by atoms with Gasteiger partial charge in [0, 0.05) is 17.7 Å². The standard InChI is InChI=1S/C13H12N2O/c16-12-4-2-1-3-10(12)11-7-8-14-13(15-11)9-5-6-9/h1-4,7-9,16H,5-6H2. The van der Waals surface area contributed by atoms with Crippen molar-refractivity contribution in [1.29, 1.82) is 0 Å². The van der Waals surface area contributed by atoms with E-state index in [1.807, 2.05) is 24.3 Å². The van der Waals surface area contributed by atoms with E-state index in [0.29, 0.717) is 5.92 Å². The molecule has 3 nitrogen and oxygen atoms in total. The Bertz CT molecular complexity index is 521. The molecular weight excluding hydrogens is 200 g/mol. The van der Waals surface area contributed by atoms with Crippen LogP contribution in [0.1, 0.15) is 24.6 Å². The van der Waals surface area contributed by atoms with Gasteiger partial charge in [-0.15, -0.1) is 0 Å². The summed E-state index contributed by atoms with van der Waals surface area (Å²) in [5.41, 5.74) is 1.57. The van der Waals surface area contributed by atoms with Crippen LogP contribution in [0.4, 0.5) is 0 Å². The van der Waals surface area contributed by atoms with Crippen LogP contribution in [0.25, 0.3) is 11.3 Å². The van der Waals surface area contributed by atoms with Crippen LogP contribution >= 0.6 is 0 Å². The van der Waals surface area contributed by atoms with E-state index in [1.165, 1.54) is 12.8 Å². The Morgan fingerprint density at radius 1 is 1.12 bits per heavy atom. The number of aromatic hydroxyl groups is 1. The first-order valence-electron chi connectivity index (χ1n) is 5.46. The maximum absolute atomic E-state index is 9.75. The van der Waals surface area contributed by atoms with Crippen LogP contribution < -0.4 is 0 Å². The van der Waals surface area contributed by atoms with Gasteiger partial charge >= 0.3 is 0 Å². The van der Waals surface area contributed by atoms with Crippen molar-refractivity contribution in [2.45, 2.75) is 18.8 Å². The third kappa shape index (κ3) is 1.65. The molecule has 1 aromatic carbocycles. The van der Waals surface area contributed by atoms with Crippen LogP contribution in [0.15, 0.2) is 36.5 Å². The lowest BCUT2D eigenvalue weighted by molar-refractivity contribution is 0.477. The number of phenols is 1. The third-order valence-corrected chi connectivity index (χ3v) is 2.80. The first kappa shape index (κ1) is 9.33. The predicted octanol–water partition coefficient (Wildman–Crippen LogP) is 2.73. The fraction of sp³-hybridized carbons (Fsp3) is 0.231. The number of nitrogens with zero attached hydrogens (tertiary/aromatic N) is 2.